The van der Waals surface area contributed by atoms with Crippen molar-refractivity contribution in [2.24, 2.45) is 0 Å². The van der Waals surface area contributed by atoms with Crippen molar-refractivity contribution in [1.82, 2.24) is 9.55 Å². The average Bonchev–Trinajstić information content (AvgIpc) is 2.87. The van der Waals surface area contributed by atoms with E-state index in [1.54, 1.807) is 6.20 Å². The van der Waals surface area contributed by atoms with Gasteiger partial charge in [-0.05, 0) is 44.3 Å². The van der Waals surface area contributed by atoms with Gasteiger partial charge in [-0.1, -0.05) is 6.92 Å². The molecule has 2 aromatic rings. The number of thiophene rings is 1. The maximum Gasteiger partial charge on any atom is 0.172 e. The van der Waals surface area contributed by atoms with Crippen LogP contribution in [-0.2, 0) is 13.0 Å². The first-order valence-corrected chi connectivity index (χ1v) is 8.00. The van der Waals surface area contributed by atoms with Gasteiger partial charge in [-0.2, -0.15) is 0 Å². The molecule has 0 aromatic carbocycles. The van der Waals surface area contributed by atoms with Crippen molar-refractivity contribution >= 4 is 49.0 Å². The lowest BCUT2D eigenvalue weighted by Gasteiger charge is -2.05. The van der Waals surface area contributed by atoms with Crippen LogP contribution in [0.2, 0.25) is 0 Å². The molecule has 0 N–H and O–H groups in total. The Kier molecular flexibility index (Phi) is 4.75. The van der Waals surface area contributed by atoms with Crippen LogP contribution < -0.4 is 0 Å². The van der Waals surface area contributed by atoms with E-state index >= 15 is 0 Å². The van der Waals surface area contributed by atoms with Gasteiger partial charge in [-0.25, -0.2) is 4.98 Å². The highest BCUT2D eigenvalue weighted by Crippen LogP contribution is 2.32. The number of rotatable bonds is 5. The van der Waals surface area contributed by atoms with Crippen LogP contribution >= 0.6 is 43.2 Å². The molecule has 0 unspecified atom stereocenters. The summed E-state index contributed by atoms with van der Waals surface area (Å²) >= 11 is 8.31. The summed E-state index contributed by atoms with van der Waals surface area (Å²) < 4.78 is 3.86. The largest absolute Gasteiger partial charge is 0.335 e. The number of ketones is 1. The Bertz CT molecular complexity index is 562. The van der Waals surface area contributed by atoms with E-state index in [1.165, 1.54) is 11.3 Å². The van der Waals surface area contributed by atoms with Gasteiger partial charge < -0.3 is 4.57 Å². The normalized spacial score (nSPS) is 10.8. The molecule has 0 bridgehead atoms. The molecule has 0 aliphatic rings. The molecule has 96 valence electrons. The van der Waals surface area contributed by atoms with Gasteiger partial charge in [0.2, 0.25) is 0 Å². The van der Waals surface area contributed by atoms with E-state index in [0.29, 0.717) is 6.42 Å². The van der Waals surface area contributed by atoms with E-state index in [9.17, 15) is 4.79 Å². The highest BCUT2D eigenvalue weighted by Gasteiger charge is 2.16. The highest BCUT2D eigenvalue weighted by atomic mass is 79.9. The maximum absolute atomic E-state index is 12.2. The number of hydrogen-bond donors (Lipinski definition) is 0. The molecule has 0 aliphatic carbocycles. The number of imidazole rings is 1. The van der Waals surface area contributed by atoms with Gasteiger partial charge in [0, 0.05) is 24.5 Å². The summed E-state index contributed by atoms with van der Waals surface area (Å²) in [5, 5.41) is 0. The van der Waals surface area contributed by atoms with Crippen LogP contribution in [0.4, 0.5) is 0 Å². The van der Waals surface area contributed by atoms with Crippen LogP contribution in [0.15, 0.2) is 26.0 Å². The van der Waals surface area contributed by atoms with Gasteiger partial charge >= 0.3 is 0 Å². The fraction of sp³-hybridized carbons (Fsp3) is 0.333. The predicted molar refractivity (Wildman–Crippen MR) is 80.3 cm³/mol. The van der Waals surface area contributed by atoms with E-state index in [-0.39, 0.29) is 5.78 Å². The maximum atomic E-state index is 12.2. The predicted octanol–water partition coefficient (Wildman–Crippen LogP) is 4.31. The smallest absolute Gasteiger partial charge is 0.172 e. The number of aryl methyl sites for hydroxylation is 1. The Morgan fingerprint density at radius 2 is 2.28 bits per heavy atom. The standard InChI is InChI=1S/C12H12Br2N2OS/c1-2-4-16-5-3-15-11(16)7-9(17)8-6-10(13)18-12(8)14/h3,5-6H,2,4,7H2,1H3. The summed E-state index contributed by atoms with van der Waals surface area (Å²) in [6.45, 7) is 3.01. The van der Waals surface area contributed by atoms with Crippen molar-refractivity contribution in [3.63, 3.8) is 0 Å². The molecule has 0 saturated heterocycles. The minimum atomic E-state index is 0.0902. The summed E-state index contributed by atoms with van der Waals surface area (Å²) in [6, 6.07) is 1.85. The number of Topliss-reactive ketones (excluding diaryl/α,β-unsaturated/α-hetero) is 1. The second kappa shape index (κ2) is 6.12. The number of aromatic nitrogens is 2. The highest BCUT2D eigenvalue weighted by molar-refractivity contribution is 9.12. The van der Waals surface area contributed by atoms with E-state index < -0.39 is 0 Å². The number of hydrogen-bond acceptors (Lipinski definition) is 3. The number of carbonyl (C=O) groups is 1. The van der Waals surface area contributed by atoms with Crippen molar-refractivity contribution in [2.45, 2.75) is 26.3 Å². The van der Waals surface area contributed by atoms with Gasteiger partial charge in [0.1, 0.15) is 5.82 Å². The molecule has 2 aromatic heterocycles. The lowest BCUT2D eigenvalue weighted by atomic mass is 10.1. The van der Waals surface area contributed by atoms with Crippen LogP contribution in [0.25, 0.3) is 0 Å². The third-order valence-electron chi connectivity index (χ3n) is 2.54. The molecule has 3 nitrogen and oxygen atoms in total. The molecule has 18 heavy (non-hydrogen) atoms. The minimum absolute atomic E-state index is 0.0902. The summed E-state index contributed by atoms with van der Waals surface area (Å²) in [4.78, 5) is 16.5. The van der Waals surface area contributed by atoms with Gasteiger partial charge in [0.25, 0.3) is 0 Å². The molecule has 2 heterocycles. The Hall–Kier alpha value is -0.460. The monoisotopic (exact) mass is 390 g/mol. The van der Waals surface area contributed by atoms with Crippen LogP contribution in [0.5, 0.6) is 0 Å². The Morgan fingerprint density at radius 1 is 1.50 bits per heavy atom. The summed E-state index contributed by atoms with van der Waals surface area (Å²) in [7, 11) is 0. The summed E-state index contributed by atoms with van der Waals surface area (Å²) in [5.41, 5.74) is 0.720. The van der Waals surface area contributed by atoms with E-state index in [1.807, 2.05) is 16.8 Å². The first kappa shape index (κ1) is 14.0. The van der Waals surface area contributed by atoms with Crippen LogP contribution in [0.3, 0.4) is 0 Å². The van der Waals surface area contributed by atoms with Gasteiger partial charge in [-0.15, -0.1) is 11.3 Å². The quantitative estimate of drug-likeness (QED) is 0.712. The lowest BCUT2D eigenvalue weighted by Crippen LogP contribution is -2.10. The van der Waals surface area contributed by atoms with E-state index in [4.69, 9.17) is 0 Å². The number of halogens is 2. The fourth-order valence-corrected chi connectivity index (χ4v) is 4.58. The van der Waals surface area contributed by atoms with E-state index in [0.717, 1.165) is 31.9 Å². The lowest BCUT2D eigenvalue weighted by molar-refractivity contribution is 0.0989. The number of carbonyl (C=O) groups excluding carboxylic acids is 1. The molecule has 2 rings (SSSR count). The topological polar surface area (TPSA) is 34.9 Å². The Balaban J connectivity index is 2.16. The molecule has 0 spiro atoms. The number of nitrogens with zero attached hydrogens (tertiary/aromatic N) is 2. The third-order valence-corrected chi connectivity index (χ3v) is 4.88. The van der Waals surface area contributed by atoms with Crippen molar-refractivity contribution in [3.8, 4) is 0 Å². The second-order valence-electron chi connectivity index (χ2n) is 3.87. The summed E-state index contributed by atoms with van der Waals surface area (Å²) in [5.74, 6) is 0.920. The van der Waals surface area contributed by atoms with Gasteiger partial charge in [-0.3, -0.25) is 4.79 Å². The Morgan fingerprint density at radius 3 is 2.89 bits per heavy atom. The van der Waals surface area contributed by atoms with Gasteiger partial charge in [0.05, 0.1) is 14.0 Å². The first-order valence-electron chi connectivity index (χ1n) is 5.60. The molecule has 0 aliphatic heterocycles. The van der Waals surface area contributed by atoms with E-state index in [2.05, 4.69) is 43.8 Å². The second-order valence-corrected chi connectivity index (χ2v) is 7.62. The molecule has 0 amide bonds. The summed E-state index contributed by atoms with van der Waals surface area (Å²) in [6.07, 6.45) is 5.04. The zero-order valence-electron chi connectivity index (χ0n) is 9.82. The first-order chi connectivity index (χ1) is 8.61. The van der Waals surface area contributed by atoms with Crippen LogP contribution in [0.1, 0.15) is 29.5 Å². The van der Waals surface area contributed by atoms with Crippen molar-refractivity contribution < 1.29 is 4.79 Å². The van der Waals surface area contributed by atoms with Crippen molar-refractivity contribution in [1.29, 1.82) is 0 Å². The molecule has 0 saturated carbocycles. The molecule has 0 atom stereocenters. The molecular weight excluding hydrogens is 380 g/mol. The Labute approximate surface area is 126 Å². The van der Waals surface area contributed by atoms with Crippen molar-refractivity contribution in [3.05, 3.63) is 37.4 Å². The SMILES string of the molecule is CCCn1ccnc1CC(=O)c1cc(Br)sc1Br. The van der Waals surface area contributed by atoms with Crippen LogP contribution in [0, 0.1) is 0 Å². The third kappa shape index (κ3) is 3.10. The molecular formula is C12H12Br2N2OS. The average molecular weight is 392 g/mol. The zero-order chi connectivity index (χ0) is 13.1. The van der Waals surface area contributed by atoms with Crippen molar-refractivity contribution in [2.75, 3.05) is 0 Å². The molecule has 0 radical (unpaired) electrons. The fourth-order valence-electron chi connectivity index (χ4n) is 1.72. The van der Waals surface area contributed by atoms with Gasteiger partial charge in [0.15, 0.2) is 5.78 Å². The minimum Gasteiger partial charge on any atom is -0.335 e. The molecule has 0 fully saturated rings. The van der Waals surface area contributed by atoms with Crippen LogP contribution in [-0.4, -0.2) is 15.3 Å². The molecule has 6 heteroatoms. The zero-order valence-corrected chi connectivity index (χ0v) is 13.8.